The lowest BCUT2D eigenvalue weighted by molar-refractivity contribution is 0.405. The van der Waals surface area contributed by atoms with Crippen molar-refractivity contribution in [3.63, 3.8) is 0 Å². The van der Waals surface area contributed by atoms with E-state index in [-0.39, 0.29) is 22.9 Å². The molecule has 0 amide bonds. The Labute approximate surface area is 128 Å². The lowest BCUT2D eigenvalue weighted by Crippen LogP contribution is -2.49. The summed E-state index contributed by atoms with van der Waals surface area (Å²) in [6, 6.07) is 6.16. The summed E-state index contributed by atoms with van der Waals surface area (Å²) in [4.78, 5) is -0.0203. The predicted molar refractivity (Wildman–Crippen MR) is 84.1 cm³/mol. The molecule has 10 heteroatoms. The monoisotopic (exact) mass is 351 g/mol. The third-order valence-corrected chi connectivity index (χ3v) is 7.90. The molecular weight excluding hydrogens is 334 g/mol. The summed E-state index contributed by atoms with van der Waals surface area (Å²) >= 11 is 1.43. The van der Waals surface area contributed by atoms with Gasteiger partial charge in [-0.25, -0.2) is 16.8 Å². The standard InChI is InChI=1S/C11H17N3O4S3/c1-20(15,16)11-8-19-7-6-14(11)21(17,18)10-5-3-2-4-9(10)13-12/h2-5,11,13H,6-8,12H2,1H3. The van der Waals surface area contributed by atoms with Gasteiger partial charge in [-0.2, -0.15) is 16.1 Å². The molecule has 2 rings (SSSR count). The Hall–Kier alpha value is -0.810. The zero-order chi connectivity index (χ0) is 15.7. The highest BCUT2D eigenvalue weighted by molar-refractivity contribution is 8.01. The molecule has 1 aromatic rings. The van der Waals surface area contributed by atoms with E-state index < -0.39 is 25.2 Å². The summed E-state index contributed by atoms with van der Waals surface area (Å²) in [5.74, 6) is 6.13. The Morgan fingerprint density at radius 3 is 2.57 bits per heavy atom. The molecule has 1 fully saturated rings. The van der Waals surface area contributed by atoms with Crippen molar-refractivity contribution in [3.05, 3.63) is 24.3 Å². The smallest absolute Gasteiger partial charge is 0.246 e. The molecule has 7 nitrogen and oxygen atoms in total. The molecule has 0 aromatic heterocycles. The molecule has 1 aliphatic heterocycles. The molecule has 21 heavy (non-hydrogen) atoms. The lowest BCUT2D eigenvalue weighted by Gasteiger charge is -2.33. The molecule has 0 aliphatic carbocycles. The summed E-state index contributed by atoms with van der Waals surface area (Å²) in [6.45, 7) is 0.156. The van der Waals surface area contributed by atoms with Gasteiger partial charge in [-0.1, -0.05) is 12.1 Å². The number of rotatable bonds is 4. The predicted octanol–water partition coefficient (Wildman–Crippen LogP) is 0.0804. The number of hydrogen-bond acceptors (Lipinski definition) is 7. The number of nitrogens with two attached hydrogens (primary N) is 1. The molecular formula is C11H17N3O4S3. The average molecular weight is 351 g/mol. The highest BCUT2D eigenvalue weighted by atomic mass is 32.2. The second kappa shape index (κ2) is 6.13. The Kier molecular flexibility index (Phi) is 4.83. The second-order valence-electron chi connectivity index (χ2n) is 4.62. The minimum Gasteiger partial charge on any atom is -0.323 e. The number of thioether (sulfide) groups is 1. The zero-order valence-electron chi connectivity index (χ0n) is 11.4. The summed E-state index contributed by atoms with van der Waals surface area (Å²) in [6.07, 6.45) is 1.05. The molecule has 0 bridgehead atoms. The van der Waals surface area contributed by atoms with Crippen LogP contribution in [0.15, 0.2) is 29.2 Å². The number of para-hydroxylation sites is 1. The van der Waals surface area contributed by atoms with Gasteiger partial charge in [0.15, 0.2) is 9.84 Å². The molecule has 1 aromatic carbocycles. The quantitative estimate of drug-likeness (QED) is 0.584. The maximum Gasteiger partial charge on any atom is 0.246 e. The van der Waals surface area contributed by atoms with Crippen molar-refractivity contribution in [2.24, 2.45) is 5.84 Å². The maximum atomic E-state index is 12.8. The number of nitrogens with one attached hydrogen (secondary N) is 1. The normalized spacial score (nSPS) is 21.1. The van der Waals surface area contributed by atoms with Crippen molar-refractivity contribution in [3.8, 4) is 0 Å². The van der Waals surface area contributed by atoms with Crippen molar-refractivity contribution in [2.45, 2.75) is 10.3 Å². The van der Waals surface area contributed by atoms with E-state index in [0.717, 1.165) is 10.6 Å². The van der Waals surface area contributed by atoms with Gasteiger partial charge in [0, 0.05) is 24.3 Å². The van der Waals surface area contributed by atoms with Gasteiger partial charge in [0.05, 0.1) is 5.69 Å². The number of benzene rings is 1. The summed E-state index contributed by atoms with van der Waals surface area (Å²) < 4.78 is 50.4. The van der Waals surface area contributed by atoms with Crippen LogP contribution in [0.2, 0.25) is 0 Å². The number of nitrogen functional groups attached to an aromatic ring is 1. The molecule has 1 atom stereocenters. The fourth-order valence-corrected chi connectivity index (χ4v) is 7.44. The number of sulfonamides is 1. The topological polar surface area (TPSA) is 110 Å². The van der Waals surface area contributed by atoms with E-state index in [2.05, 4.69) is 5.43 Å². The Bertz CT molecular complexity index is 718. The van der Waals surface area contributed by atoms with Crippen LogP contribution in [0.3, 0.4) is 0 Å². The fourth-order valence-electron chi connectivity index (χ4n) is 2.12. The average Bonchev–Trinajstić information content (AvgIpc) is 2.46. The van der Waals surface area contributed by atoms with Gasteiger partial charge >= 0.3 is 0 Å². The van der Waals surface area contributed by atoms with Crippen LogP contribution in [0.25, 0.3) is 0 Å². The van der Waals surface area contributed by atoms with Crippen LogP contribution in [0.1, 0.15) is 0 Å². The zero-order valence-corrected chi connectivity index (χ0v) is 13.8. The number of anilines is 1. The minimum absolute atomic E-state index is 0.0203. The van der Waals surface area contributed by atoms with Crippen LogP contribution >= 0.6 is 11.8 Å². The Morgan fingerprint density at radius 2 is 1.95 bits per heavy atom. The first-order valence-corrected chi connectivity index (χ1v) is 10.7. The van der Waals surface area contributed by atoms with Crippen molar-refractivity contribution in [2.75, 3.05) is 29.7 Å². The van der Waals surface area contributed by atoms with E-state index in [9.17, 15) is 16.8 Å². The minimum atomic E-state index is -3.94. The first-order chi connectivity index (χ1) is 9.78. The van der Waals surface area contributed by atoms with Crippen molar-refractivity contribution in [1.82, 2.24) is 4.31 Å². The molecule has 3 N–H and O–H groups in total. The van der Waals surface area contributed by atoms with Crippen LogP contribution in [-0.2, 0) is 19.9 Å². The van der Waals surface area contributed by atoms with Crippen molar-refractivity contribution >= 4 is 37.3 Å². The number of nitrogens with zero attached hydrogens (tertiary/aromatic N) is 1. The van der Waals surface area contributed by atoms with Gasteiger partial charge in [-0.15, -0.1) is 0 Å². The number of hydrazine groups is 1. The van der Waals surface area contributed by atoms with E-state index in [4.69, 9.17) is 5.84 Å². The Balaban J connectivity index is 2.51. The van der Waals surface area contributed by atoms with E-state index in [0.29, 0.717) is 5.75 Å². The van der Waals surface area contributed by atoms with E-state index in [1.54, 1.807) is 12.1 Å². The van der Waals surface area contributed by atoms with Crippen molar-refractivity contribution in [1.29, 1.82) is 0 Å². The lowest BCUT2D eigenvalue weighted by atomic mass is 10.3. The third-order valence-electron chi connectivity index (χ3n) is 3.16. The summed E-state index contributed by atoms with van der Waals surface area (Å²) in [5.41, 5.74) is 2.57. The van der Waals surface area contributed by atoms with Gasteiger partial charge in [0.1, 0.15) is 10.3 Å². The van der Waals surface area contributed by atoms with E-state index >= 15 is 0 Å². The molecule has 0 radical (unpaired) electrons. The van der Waals surface area contributed by atoms with Crippen LogP contribution in [0.4, 0.5) is 5.69 Å². The maximum absolute atomic E-state index is 12.8. The van der Waals surface area contributed by atoms with Gasteiger partial charge in [-0.05, 0) is 12.1 Å². The SMILES string of the molecule is CS(=O)(=O)C1CSCCN1S(=O)(=O)c1ccccc1NN. The first-order valence-electron chi connectivity index (χ1n) is 6.12. The second-order valence-corrected chi connectivity index (χ2v) is 9.83. The third kappa shape index (κ3) is 3.34. The molecule has 1 heterocycles. The molecule has 118 valence electrons. The van der Waals surface area contributed by atoms with Crippen LogP contribution < -0.4 is 11.3 Å². The van der Waals surface area contributed by atoms with Gasteiger partial charge in [0.25, 0.3) is 0 Å². The molecule has 0 spiro atoms. The van der Waals surface area contributed by atoms with Crippen molar-refractivity contribution < 1.29 is 16.8 Å². The number of sulfone groups is 1. The van der Waals surface area contributed by atoms with E-state index in [1.807, 2.05) is 0 Å². The largest absolute Gasteiger partial charge is 0.323 e. The highest BCUT2D eigenvalue weighted by Gasteiger charge is 2.40. The van der Waals surface area contributed by atoms with Crippen LogP contribution in [-0.4, -0.2) is 50.8 Å². The molecule has 1 unspecified atom stereocenters. The molecule has 1 aliphatic rings. The van der Waals surface area contributed by atoms with Crippen LogP contribution in [0, 0.1) is 0 Å². The Morgan fingerprint density at radius 1 is 1.29 bits per heavy atom. The summed E-state index contributed by atoms with van der Waals surface area (Å²) in [7, 11) is -7.45. The molecule has 1 saturated heterocycles. The van der Waals surface area contributed by atoms with Gasteiger partial charge in [-0.3, -0.25) is 5.84 Å². The van der Waals surface area contributed by atoms with Crippen LogP contribution in [0.5, 0.6) is 0 Å². The highest BCUT2D eigenvalue weighted by Crippen LogP contribution is 2.30. The van der Waals surface area contributed by atoms with E-state index in [1.165, 1.54) is 23.9 Å². The van der Waals surface area contributed by atoms with Gasteiger partial charge in [0.2, 0.25) is 10.0 Å². The first kappa shape index (κ1) is 16.6. The molecule has 0 saturated carbocycles. The fraction of sp³-hybridized carbons (Fsp3) is 0.455. The van der Waals surface area contributed by atoms with Gasteiger partial charge < -0.3 is 5.43 Å². The number of hydrogen-bond donors (Lipinski definition) is 2. The summed E-state index contributed by atoms with van der Waals surface area (Å²) in [5, 5.41) is -1.05.